The molecule has 1 aliphatic heterocycles. The van der Waals surface area contributed by atoms with Crippen molar-refractivity contribution in [1.29, 1.82) is 0 Å². The first kappa shape index (κ1) is 16.7. The summed E-state index contributed by atoms with van der Waals surface area (Å²) in [5.41, 5.74) is 5.00. The minimum absolute atomic E-state index is 0.0975. The van der Waals surface area contributed by atoms with Crippen LogP contribution in [0.4, 0.5) is 5.82 Å². The molecule has 3 aromatic rings. The molecule has 4 heteroatoms. The van der Waals surface area contributed by atoms with Gasteiger partial charge in [-0.3, -0.25) is 9.59 Å². The number of anilines is 1. The normalized spacial score (nSPS) is 28.9. The van der Waals surface area contributed by atoms with Gasteiger partial charge in [-0.1, -0.05) is 61.5 Å². The van der Waals surface area contributed by atoms with Crippen LogP contribution in [0.15, 0.2) is 66.9 Å². The Balaban J connectivity index is 1.64. The van der Waals surface area contributed by atoms with Gasteiger partial charge in [0.15, 0.2) is 0 Å². The predicted octanol–water partition coefficient (Wildman–Crippen LogP) is 3.96. The number of aryl methyl sites for hydroxylation is 1. The topological polar surface area (TPSA) is 50.3 Å². The van der Waals surface area contributed by atoms with Crippen LogP contribution in [0, 0.1) is 18.8 Å². The van der Waals surface area contributed by atoms with Crippen molar-refractivity contribution in [1.82, 2.24) is 4.98 Å². The molecule has 2 heterocycles. The number of hydrogen-bond acceptors (Lipinski definition) is 3. The SMILES string of the molecule is Cc1cccnc1N1C(=O)C2C3c4ccccc4C(C)(c4ccccc43)C2C1=O. The number of pyridine rings is 1. The first-order chi connectivity index (χ1) is 14.0. The molecule has 7 rings (SSSR count). The maximum Gasteiger partial charge on any atom is 0.240 e. The maximum atomic E-state index is 13.8. The van der Waals surface area contributed by atoms with Crippen molar-refractivity contribution >= 4 is 17.6 Å². The summed E-state index contributed by atoms with van der Waals surface area (Å²) in [4.78, 5) is 33.3. The Labute approximate surface area is 169 Å². The highest BCUT2D eigenvalue weighted by Crippen LogP contribution is 2.64. The second-order valence-electron chi connectivity index (χ2n) is 8.51. The number of amides is 2. The molecule has 0 N–H and O–H groups in total. The molecule has 2 aromatic carbocycles. The van der Waals surface area contributed by atoms with Crippen molar-refractivity contribution in [2.45, 2.75) is 25.2 Å². The molecule has 0 radical (unpaired) electrons. The zero-order valence-electron chi connectivity index (χ0n) is 16.3. The van der Waals surface area contributed by atoms with Gasteiger partial charge in [0.2, 0.25) is 11.8 Å². The summed E-state index contributed by atoms with van der Waals surface area (Å²) in [6.45, 7) is 4.03. The predicted molar refractivity (Wildman–Crippen MR) is 110 cm³/mol. The number of carbonyl (C=O) groups is 2. The Morgan fingerprint density at radius 1 is 0.862 bits per heavy atom. The minimum atomic E-state index is -0.531. The van der Waals surface area contributed by atoms with Gasteiger partial charge in [-0.25, -0.2) is 9.88 Å². The Hall–Kier alpha value is -3.27. The van der Waals surface area contributed by atoms with E-state index in [0.29, 0.717) is 5.82 Å². The van der Waals surface area contributed by atoms with Crippen molar-refractivity contribution in [2.24, 2.45) is 11.8 Å². The summed E-state index contributed by atoms with van der Waals surface area (Å²) in [5.74, 6) is -0.682. The van der Waals surface area contributed by atoms with Crippen LogP contribution >= 0.6 is 0 Å². The second-order valence-corrected chi connectivity index (χ2v) is 8.51. The van der Waals surface area contributed by atoms with Crippen molar-refractivity contribution in [2.75, 3.05) is 4.90 Å². The third-order valence-electron chi connectivity index (χ3n) is 7.24. The monoisotopic (exact) mass is 380 g/mol. The van der Waals surface area contributed by atoms with E-state index in [2.05, 4.69) is 36.2 Å². The van der Waals surface area contributed by atoms with Gasteiger partial charge in [0.1, 0.15) is 5.82 Å². The van der Waals surface area contributed by atoms with E-state index in [-0.39, 0.29) is 17.7 Å². The van der Waals surface area contributed by atoms with Crippen LogP contribution in [0.25, 0.3) is 0 Å². The van der Waals surface area contributed by atoms with Gasteiger partial charge in [0.05, 0.1) is 11.8 Å². The van der Waals surface area contributed by atoms with Gasteiger partial charge in [0.25, 0.3) is 0 Å². The number of rotatable bonds is 1. The van der Waals surface area contributed by atoms with Gasteiger partial charge < -0.3 is 0 Å². The maximum absolute atomic E-state index is 13.8. The van der Waals surface area contributed by atoms with Crippen molar-refractivity contribution < 1.29 is 9.59 Å². The van der Waals surface area contributed by atoms with E-state index in [4.69, 9.17) is 0 Å². The zero-order chi connectivity index (χ0) is 19.9. The molecule has 3 aliphatic carbocycles. The standard InChI is InChI=1S/C25H20N2O2/c1-14-8-7-13-26-22(14)27-23(28)20-19-15-9-3-5-11-17(15)25(2,21(20)24(27)29)18-12-6-4-10-16(18)19/h3-13,19-21H,1-2H3. The largest absolute Gasteiger partial charge is 0.274 e. The van der Waals surface area contributed by atoms with Gasteiger partial charge in [-0.2, -0.15) is 0 Å². The van der Waals surface area contributed by atoms with Crippen molar-refractivity contribution in [3.63, 3.8) is 0 Å². The quantitative estimate of drug-likeness (QED) is 0.601. The summed E-state index contributed by atoms with van der Waals surface area (Å²) < 4.78 is 0. The lowest BCUT2D eigenvalue weighted by molar-refractivity contribution is -0.123. The highest BCUT2D eigenvalue weighted by Gasteiger charge is 2.66. The molecule has 4 aliphatic rings. The molecule has 2 bridgehead atoms. The zero-order valence-corrected chi connectivity index (χ0v) is 16.3. The average molecular weight is 380 g/mol. The van der Waals surface area contributed by atoms with Crippen LogP contribution < -0.4 is 4.90 Å². The van der Waals surface area contributed by atoms with Gasteiger partial charge >= 0.3 is 0 Å². The summed E-state index contributed by atoms with van der Waals surface area (Å²) in [6, 6.07) is 20.3. The summed E-state index contributed by atoms with van der Waals surface area (Å²) in [7, 11) is 0. The highest BCUT2D eigenvalue weighted by molar-refractivity contribution is 6.23. The summed E-state index contributed by atoms with van der Waals surface area (Å²) >= 11 is 0. The number of aromatic nitrogens is 1. The van der Waals surface area contributed by atoms with E-state index in [1.807, 2.05) is 43.3 Å². The van der Waals surface area contributed by atoms with Crippen molar-refractivity contribution in [3.05, 3.63) is 94.7 Å². The molecule has 0 saturated carbocycles. The van der Waals surface area contributed by atoms with Crippen LogP contribution in [0.2, 0.25) is 0 Å². The van der Waals surface area contributed by atoms with E-state index in [1.54, 1.807) is 6.20 Å². The fourth-order valence-electron chi connectivity index (χ4n) is 6.07. The molecular weight excluding hydrogens is 360 g/mol. The molecule has 4 nitrogen and oxygen atoms in total. The van der Waals surface area contributed by atoms with E-state index in [9.17, 15) is 9.59 Å². The first-order valence-electron chi connectivity index (χ1n) is 10.0. The molecule has 29 heavy (non-hydrogen) atoms. The van der Waals surface area contributed by atoms with Crippen LogP contribution in [0.3, 0.4) is 0 Å². The Bertz CT molecular complexity index is 1170. The lowest BCUT2D eigenvalue weighted by atomic mass is 9.48. The Morgan fingerprint density at radius 2 is 1.48 bits per heavy atom. The molecule has 142 valence electrons. The van der Waals surface area contributed by atoms with Crippen LogP contribution in [-0.4, -0.2) is 16.8 Å². The van der Waals surface area contributed by atoms with Crippen LogP contribution in [0.1, 0.15) is 40.7 Å². The molecule has 0 spiro atoms. The minimum Gasteiger partial charge on any atom is -0.274 e. The van der Waals surface area contributed by atoms with Gasteiger partial charge in [-0.15, -0.1) is 0 Å². The third-order valence-corrected chi connectivity index (χ3v) is 7.24. The number of benzene rings is 2. The number of carbonyl (C=O) groups excluding carboxylic acids is 2. The highest BCUT2D eigenvalue weighted by atomic mass is 16.2. The Kier molecular flexibility index (Phi) is 3.11. The smallest absolute Gasteiger partial charge is 0.240 e. The van der Waals surface area contributed by atoms with Crippen LogP contribution in [0.5, 0.6) is 0 Å². The number of imide groups is 1. The third kappa shape index (κ3) is 1.82. The van der Waals surface area contributed by atoms with Crippen molar-refractivity contribution in [3.8, 4) is 0 Å². The molecular formula is C25H20N2O2. The lowest BCUT2D eigenvalue weighted by Gasteiger charge is -2.52. The Morgan fingerprint density at radius 3 is 2.10 bits per heavy atom. The molecule has 1 saturated heterocycles. The number of hydrogen-bond donors (Lipinski definition) is 0. The number of nitrogens with zero attached hydrogens (tertiary/aromatic N) is 2. The average Bonchev–Trinajstić information content (AvgIpc) is 3.01. The second kappa shape index (κ2) is 5.41. The summed E-state index contributed by atoms with van der Waals surface area (Å²) in [5, 5.41) is 0. The summed E-state index contributed by atoms with van der Waals surface area (Å²) in [6.07, 6.45) is 1.64. The molecule has 1 fully saturated rings. The van der Waals surface area contributed by atoms with E-state index >= 15 is 0 Å². The molecule has 1 aromatic heterocycles. The first-order valence-corrected chi connectivity index (χ1v) is 10.0. The van der Waals surface area contributed by atoms with E-state index in [0.717, 1.165) is 5.56 Å². The molecule has 2 unspecified atom stereocenters. The van der Waals surface area contributed by atoms with Gasteiger partial charge in [-0.05, 0) is 40.8 Å². The van der Waals surface area contributed by atoms with E-state index in [1.165, 1.54) is 27.2 Å². The fraction of sp³-hybridized carbons (Fsp3) is 0.240. The molecule has 2 amide bonds. The van der Waals surface area contributed by atoms with Gasteiger partial charge in [0, 0.05) is 17.5 Å². The lowest BCUT2D eigenvalue weighted by Crippen LogP contribution is -2.51. The molecule has 2 atom stereocenters. The van der Waals surface area contributed by atoms with Crippen LogP contribution in [-0.2, 0) is 15.0 Å². The fourth-order valence-corrected chi connectivity index (χ4v) is 6.07. The van der Waals surface area contributed by atoms with E-state index < -0.39 is 17.3 Å².